The van der Waals surface area contributed by atoms with Gasteiger partial charge >= 0.3 is 0 Å². The van der Waals surface area contributed by atoms with Crippen LogP contribution in [0.4, 0.5) is 10.1 Å². The number of hydrogen-bond donors (Lipinski definition) is 1. The van der Waals surface area contributed by atoms with E-state index in [4.69, 9.17) is 11.6 Å². The molecular weight excluding hydrogens is 431 g/mol. The number of aromatic nitrogens is 2. The number of rotatable bonds is 6. The van der Waals surface area contributed by atoms with Crippen molar-refractivity contribution in [2.24, 2.45) is 5.92 Å². The van der Waals surface area contributed by atoms with Gasteiger partial charge in [0.05, 0.1) is 24.3 Å². The summed E-state index contributed by atoms with van der Waals surface area (Å²) in [6.45, 7) is 1.92. The second-order valence-corrected chi connectivity index (χ2v) is 8.34. The van der Waals surface area contributed by atoms with Crippen LogP contribution in [0, 0.1) is 11.7 Å². The molecule has 1 amide bonds. The van der Waals surface area contributed by atoms with Crippen LogP contribution < -0.4 is 15.8 Å². The standard InChI is InChI=1S/C24H24ClFN4O2/c25-22-11-20(26)9-8-18(22)13-27-24(32)19-7-4-10-29(16-19)21-12-23(31)30(28-14-21)15-17-5-2-1-3-6-17/h1-3,5-6,8-9,11-12,14,19H,4,7,10,13,15-16H2,(H,27,32). The van der Waals surface area contributed by atoms with Gasteiger partial charge in [-0.3, -0.25) is 9.59 Å². The first-order chi connectivity index (χ1) is 15.5. The quantitative estimate of drug-likeness (QED) is 0.617. The van der Waals surface area contributed by atoms with Gasteiger partial charge in [0, 0.05) is 30.7 Å². The largest absolute Gasteiger partial charge is 0.369 e. The first-order valence-electron chi connectivity index (χ1n) is 10.6. The third-order valence-corrected chi connectivity index (χ3v) is 6.01. The summed E-state index contributed by atoms with van der Waals surface area (Å²) in [6, 6.07) is 15.4. The molecule has 0 spiro atoms. The van der Waals surface area contributed by atoms with E-state index < -0.39 is 5.82 Å². The number of hydrogen-bond acceptors (Lipinski definition) is 4. The monoisotopic (exact) mass is 454 g/mol. The number of benzene rings is 2. The van der Waals surface area contributed by atoms with Crippen LogP contribution in [-0.2, 0) is 17.9 Å². The lowest BCUT2D eigenvalue weighted by Gasteiger charge is -2.33. The molecule has 0 bridgehead atoms. The summed E-state index contributed by atoms with van der Waals surface area (Å²) in [5.74, 6) is -0.706. The molecule has 6 nitrogen and oxygen atoms in total. The fourth-order valence-corrected chi connectivity index (χ4v) is 4.12. The van der Waals surface area contributed by atoms with Gasteiger partial charge in [0.15, 0.2) is 0 Å². The fraction of sp³-hybridized carbons (Fsp3) is 0.292. The Labute approximate surface area is 190 Å². The second-order valence-electron chi connectivity index (χ2n) is 7.93. The van der Waals surface area contributed by atoms with Gasteiger partial charge < -0.3 is 10.2 Å². The van der Waals surface area contributed by atoms with E-state index in [0.29, 0.717) is 18.7 Å². The molecule has 0 saturated carbocycles. The number of nitrogens with one attached hydrogen (secondary N) is 1. The van der Waals surface area contributed by atoms with Crippen molar-refractivity contribution >= 4 is 23.2 Å². The molecule has 166 valence electrons. The molecule has 3 aromatic rings. The lowest BCUT2D eigenvalue weighted by atomic mass is 9.96. The third kappa shape index (κ3) is 5.34. The zero-order valence-corrected chi connectivity index (χ0v) is 18.3. The molecule has 2 aromatic carbocycles. The van der Waals surface area contributed by atoms with Crippen LogP contribution >= 0.6 is 11.6 Å². The van der Waals surface area contributed by atoms with Crippen molar-refractivity contribution in [1.29, 1.82) is 0 Å². The Morgan fingerprint density at radius 3 is 2.75 bits per heavy atom. The molecular formula is C24H24ClFN4O2. The Hall–Kier alpha value is -3.19. The van der Waals surface area contributed by atoms with Crippen LogP contribution in [0.25, 0.3) is 0 Å². The van der Waals surface area contributed by atoms with Gasteiger partial charge in [-0.05, 0) is 36.1 Å². The number of piperidine rings is 1. The van der Waals surface area contributed by atoms with Crippen molar-refractivity contribution in [3.63, 3.8) is 0 Å². The Morgan fingerprint density at radius 2 is 2.00 bits per heavy atom. The molecule has 1 fully saturated rings. The van der Waals surface area contributed by atoms with E-state index in [1.165, 1.54) is 16.8 Å². The van der Waals surface area contributed by atoms with Crippen LogP contribution in [0.2, 0.25) is 5.02 Å². The molecule has 1 aliphatic rings. The molecule has 8 heteroatoms. The van der Waals surface area contributed by atoms with Gasteiger partial charge in [0.1, 0.15) is 5.82 Å². The average molecular weight is 455 g/mol. The lowest BCUT2D eigenvalue weighted by Crippen LogP contribution is -2.43. The molecule has 4 rings (SSSR count). The third-order valence-electron chi connectivity index (χ3n) is 5.66. The first kappa shape index (κ1) is 22.0. The van der Waals surface area contributed by atoms with E-state index in [9.17, 15) is 14.0 Å². The highest BCUT2D eigenvalue weighted by Gasteiger charge is 2.26. The zero-order valence-electron chi connectivity index (χ0n) is 17.5. The first-order valence-corrected chi connectivity index (χ1v) is 10.9. The van der Waals surface area contributed by atoms with E-state index in [0.717, 1.165) is 30.6 Å². The highest BCUT2D eigenvalue weighted by Crippen LogP contribution is 2.22. The van der Waals surface area contributed by atoms with E-state index in [1.54, 1.807) is 18.3 Å². The molecule has 1 aliphatic heterocycles. The Balaban J connectivity index is 1.38. The van der Waals surface area contributed by atoms with E-state index >= 15 is 0 Å². The highest BCUT2D eigenvalue weighted by atomic mass is 35.5. The van der Waals surface area contributed by atoms with Crippen molar-refractivity contribution < 1.29 is 9.18 Å². The topological polar surface area (TPSA) is 67.2 Å². The lowest BCUT2D eigenvalue weighted by molar-refractivity contribution is -0.125. The maximum absolute atomic E-state index is 13.2. The minimum Gasteiger partial charge on any atom is -0.369 e. The fourth-order valence-electron chi connectivity index (χ4n) is 3.89. The van der Waals surface area contributed by atoms with Crippen molar-refractivity contribution in [3.05, 3.63) is 93.1 Å². The Kier molecular flexibility index (Phi) is 6.85. The van der Waals surface area contributed by atoms with Crippen LogP contribution in [0.15, 0.2) is 65.6 Å². The van der Waals surface area contributed by atoms with E-state index in [1.807, 2.05) is 35.2 Å². The zero-order chi connectivity index (χ0) is 22.5. The van der Waals surface area contributed by atoms with Gasteiger partial charge in [-0.1, -0.05) is 48.0 Å². The second kappa shape index (κ2) is 9.96. The van der Waals surface area contributed by atoms with E-state index in [-0.39, 0.29) is 29.0 Å². The Morgan fingerprint density at radius 1 is 1.19 bits per heavy atom. The number of halogens is 2. The summed E-state index contributed by atoms with van der Waals surface area (Å²) < 4.78 is 14.6. The number of amides is 1. The Bertz CT molecular complexity index is 1150. The predicted molar refractivity (Wildman–Crippen MR) is 122 cm³/mol. The maximum atomic E-state index is 13.2. The molecule has 0 radical (unpaired) electrons. The molecule has 1 N–H and O–H groups in total. The molecule has 1 atom stereocenters. The summed E-state index contributed by atoms with van der Waals surface area (Å²) in [5, 5.41) is 7.51. The van der Waals surface area contributed by atoms with Gasteiger partial charge in [0.25, 0.3) is 5.56 Å². The SMILES string of the molecule is O=C(NCc1ccc(F)cc1Cl)C1CCCN(c2cnn(Cc3ccccc3)c(=O)c2)C1. The van der Waals surface area contributed by atoms with Crippen molar-refractivity contribution in [1.82, 2.24) is 15.1 Å². The van der Waals surface area contributed by atoms with Gasteiger partial charge in [-0.2, -0.15) is 5.10 Å². The van der Waals surface area contributed by atoms with Crippen LogP contribution in [0.1, 0.15) is 24.0 Å². The number of anilines is 1. The molecule has 0 aliphatic carbocycles. The maximum Gasteiger partial charge on any atom is 0.269 e. The molecule has 2 heterocycles. The summed E-state index contributed by atoms with van der Waals surface area (Å²) in [4.78, 5) is 27.3. The van der Waals surface area contributed by atoms with Crippen molar-refractivity contribution in [2.45, 2.75) is 25.9 Å². The van der Waals surface area contributed by atoms with Crippen LogP contribution in [0.3, 0.4) is 0 Å². The number of carbonyl (C=O) groups excluding carboxylic acids is 1. The van der Waals surface area contributed by atoms with Crippen LogP contribution in [-0.4, -0.2) is 28.8 Å². The average Bonchev–Trinajstić information content (AvgIpc) is 2.80. The van der Waals surface area contributed by atoms with Crippen LogP contribution in [0.5, 0.6) is 0 Å². The summed E-state index contributed by atoms with van der Waals surface area (Å²) in [7, 11) is 0. The van der Waals surface area contributed by atoms with Gasteiger partial charge in [-0.25, -0.2) is 9.07 Å². The minimum absolute atomic E-state index is 0.0829. The summed E-state index contributed by atoms with van der Waals surface area (Å²) >= 11 is 6.04. The van der Waals surface area contributed by atoms with Crippen molar-refractivity contribution in [2.75, 3.05) is 18.0 Å². The summed E-state index contributed by atoms with van der Waals surface area (Å²) in [5.41, 5.74) is 2.22. The van der Waals surface area contributed by atoms with Crippen molar-refractivity contribution in [3.8, 4) is 0 Å². The highest BCUT2D eigenvalue weighted by molar-refractivity contribution is 6.31. The number of carbonyl (C=O) groups is 1. The smallest absolute Gasteiger partial charge is 0.269 e. The molecule has 32 heavy (non-hydrogen) atoms. The normalized spacial score (nSPS) is 16.1. The van der Waals surface area contributed by atoms with E-state index in [2.05, 4.69) is 10.4 Å². The number of nitrogens with zero attached hydrogens (tertiary/aromatic N) is 3. The molecule has 1 aromatic heterocycles. The molecule has 1 unspecified atom stereocenters. The van der Waals surface area contributed by atoms with Gasteiger partial charge in [-0.15, -0.1) is 0 Å². The predicted octanol–water partition coefficient (Wildman–Crippen LogP) is 3.62. The van der Waals surface area contributed by atoms with Gasteiger partial charge in [0.2, 0.25) is 5.91 Å². The molecule has 1 saturated heterocycles. The minimum atomic E-state index is -0.410. The summed E-state index contributed by atoms with van der Waals surface area (Å²) in [6.07, 6.45) is 3.28.